The molecule has 0 radical (unpaired) electrons. The van der Waals surface area contributed by atoms with E-state index in [0.29, 0.717) is 6.54 Å². The first-order chi connectivity index (χ1) is 11.8. The summed E-state index contributed by atoms with van der Waals surface area (Å²) in [5, 5.41) is 6.72. The average molecular weight is 329 g/mol. The molecule has 0 fully saturated rings. The van der Waals surface area contributed by atoms with Crippen molar-refractivity contribution in [2.75, 3.05) is 32.8 Å². The first kappa shape index (κ1) is 16.8. The van der Waals surface area contributed by atoms with Crippen molar-refractivity contribution in [3.63, 3.8) is 0 Å². The molecule has 24 heavy (non-hydrogen) atoms. The fourth-order valence-electron chi connectivity index (χ4n) is 3.02. The third-order valence-electron chi connectivity index (χ3n) is 4.31. The van der Waals surface area contributed by atoms with Crippen molar-refractivity contribution in [1.82, 2.24) is 10.6 Å². The predicted molar refractivity (Wildman–Crippen MR) is 96.7 cm³/mol. The van der Waals surface area contributed by atoms with Crippen LogP contribution in [-0.2, 0) is 11.2 Å². The zero-order valence-corrected chi connectivity index (χ0v) is 14.4. The van der Waals surface area contributed by atoms with Crippen molar-refractivity contribution in [3.05, 3.63) is 41.5 Å². The van der Waals surface area contributed by atoms with Crippen LogP contribution in [0.4, 0.5) is 0 Å². The minimum atomic E-state index is 0.135. The zero-order valence-electron chi connectivity index (χ0n) is 14.4. The normalized spacial score (nSPS) is 20.1. The van der Waals surface area contributed by atoms with E-state index in [2.05, 4.69) is 40.8 Å². The summed E-state index contributed by atoms with van der Waals surface area (Å²) < 4.78 is 11.3. The van der Waals surface area contributed by atoms with E-state index in [1.54, 1.807) is 0 Å². The number of nitrogens with one attached hydrogen (secondary N) is 2. The maximum absolute atomic E-state index is 5.95. The second kappa shape index (κ2) is 8.73. The quantitative estimate of drug-likeness (QED) is 0.478. The first-order valence-corrected chi connectivity index (χ1v) is 8.87. The van der Waals surface area contributed by atoms with E-state index in [1.807, 2.05) is 12.1 Å². The molecule has 1 unspecified atom stereocenters. The second-order valence-electron chi connectivity index (χ2n) is 6.14. The van der Waals surface area contributed by atoms with Crippen LogP contribution in [-0.4, -0.2) is 44.9 Å². The molecular weight excluding hydrogens is 302 g/mol. The van der Waals surface area contributed by atoms with Crippen LogP contribution in [0, 0.1) is 0 Å². The van der Waals surface area contributed by atoms with Crippen LogP contribution in [0.3, 0.4) is 0 Å². The minimum absolute atomic E-state index is 0.135. The van der Waals surface area contributed by atoms with E-state index >= 15 is 0 Å². The molecule has 2 heterocycles. The van der Waals surface area contributed by atoms with Crippen LogP contribution in [0.25, 0.3) is 0 Å². The number of ether oxygens (including phenoxy) is 2. The van der Waals surface area contributed by atoms with Crippen LogP contribution in [0.5, 0.6) is 5.75 Å². The summed E-state index contributed by atoms with van der Waals surface area (Å²) in [5.41, 5.74) is 2.75. The molecule has 1 aromatic carbocycles. The van der Waals surface area contributed by atoms with Crippen LogP contribution in [0.2, 0.25) is 0 Å². The highest BCUT2D eigenvalue weighted by atomic mass is 16.5. The minimum Gasteiger partial charge on any atom is -0.488 e. The van der Waals surface area contributed by atoms with E-state index in [4.69, 9.17) is 9.47 Å². The van der Waals surface area contributed by atoms with Crippen LogP contribution in [0.1, 0.15) is 25.3 Å². The van der Waals surface area contributed by atoms with Crippen molar-refractivity contribution in [2.24, 2.45) is 4.99 Å². The number of para-hydroxylation sites is 1. The topological polar surface area (TPSA) is 54.9 Å². The lowest BCUT2D eigenvalue weighted by atomic mass is 10.1. The van der Waals surface area contributed by atoms with Crippen LogP contribution in [0.15, 0.2) is 40.9 Å². The van der Waals surface area contributed by atoms with Gasteiger partial charge in [0, 0.05) is 19.5 Å². The van der Waals surface area contributed by atoms with Gasteiger partial charge in [-0.05, 0) is 31.4 Å². The van der Waals surface area contributed by atoms with Crippen molar-refractivity contribution in [2.45, 2.75) is 32.3 Å². The van der Waals surface area contributed by atoms with E-state index in [1.165, 1.54) is 11.1 Å². The van der Waals surface area contributed by atoms with E-state index in [9.17, 15) is 0 Å². The summed E-state index contributed by atoms with van der Waals surface area (Å²) in [4.78, 5) is 4.69. The highest BCUT2D eigenvalue weighted by Gasteiger charge is 2.21. The molecule has 0 aromatic heterocycles. The highest BCUT2D eigenvalue weighted by Crippen LogP contribution is 2.28. The Bertz CT molecular complexity index is 573. The molecule has 0 bridgehead atoms. The molecule has 0 saturated carbocycles. The third kappa shape index (κ3) is 4.74. The molecule has 0 amide bonds. The van der Waals surface area contributed by atoms with Gasteiger partial charge < -0.3 is 20.1 Å². The molecule has 130 valence electrons. The van der Waals surface area contributed by atoms with E-state index in [-0.39, 0.29) is 6.10 Å². The molecule has 1 atom stereocenters. The molecule has 1 aromatic rings. The molecule has 3 rings (SSSR count). The SMILES string of the molecule is CCNC(=NCC1Cc2ccccc2O1)NCCC1=CCOCC1. The molecule has 0 aliphatic carbocycles. The van der Waals surface area contributed by atoms with Crippen molar-refractivity contribution < 1.29 is 9.47 Å². The standard InChI is InChI=1S/C19H27N3O2/c1-2-20-19(21-10-7-15-8-11-23-12-9-15)22-14-17-13-16-5-3-4-6-18(16)24-17/h3-6,8,17H,2,7,9-14H2,1H3,(H2,20,21,22). The van der Waals surface area contributed by atoms with Gasteiger partial charge in [0.1, 0.15) is 11.9 Å². The van der Waals surface area contributed by atoms with Crippen LogP contribution >= 0.6 is 0 Å². The summed E-state index contributed by atoms with van der Waals surface area (Å²) in [6.45, 7) is 6.10. The Balaban J connectivity index is 1.46. The number of guanidine groups is 1. The Morgan fingerprint density at radius 3 is 3.00 bits per heavy atom. The summed E-state index contributed by atoms with van der Waals surface area (Å²) in [7, 11) is 0. The summed E-state index contributed by atoms with van der Waals surface area (Å²) in [6.07, 6.45) is 5.35. The monoisotopic (exact) mass is 329 g/mol. The zero-order chi connectivity index (χ0) is 16.6. The molecule has 5 nitrogen and oxygen atoms in total. The molecular formula is C19H27N3O2. The van der Waals surface area contributed by atoms with Gasteiger partial charge in [0.2, 0.25) is 0 Å². The Kier molecular flexibility index (Phi) is 6.13. The average Bonchev–Trinajstić information content (AvgIpc) is 3.03. The summed E-state index contributed by atoms with van der Waals surface area (Å²) in [5.74, 6) is 1.87. The van der Waals surface area contributed by atoms with E-state index in [0.717, 1.165) is 57.3 Å². The highest BCUT2D eigenvalue weighted by molar-refractivity contribution is 5.79. The fraction of sp³-hybridized carbons (Fsp3) is 0.526. The first-order valence-electron chi connectivity index (χ1n) is 8.87. The van der Waals surface area contributed by atoms with Crippen molar-refractivity contribution >= 4 is 5.96 Å². The number of hydrogen-bond donors (Lipinski definition) is 2. The Morgan fingerprint density at radius 2 is 2.21 bits per heavy atom. The van der Waals surface area contributed by atoms with Gasteiger partial charge in [-0.15, -0.1) is 0 Å². The smallest absolute Gasteiger partial charge is 0.191 e. The van der Waals surface area contributed by atoms with Gasteiger partial charge in [-0.3, -0.25) is 0 Å². The Hall–Kier alpha value is -2.01. The number of benzene rings is 1. The lowest BCUT2D eigenvalue weighted by molar-refractivity contribution is 0.153. The summed E-state index contributed by atoms with van der Waals surface area (Å²) >= 11 is 0. The predicted octanol–water partition coefficient (Wildman–Crippen LogP) is 2.28. The van der Waals surface area contributed by atoms with Gasteiger partial charge in [0.25, 0.3) is 0 Å². The molecule has 2 aliphatic rings. The van der Waals surface area contributed by atoms with Gasteiger partial charge in [0.05, 0.1) is 19.8 Å². The largest absolute Gasteiger partial charge is 0.488 e. The number of nitrogens with zero attached hydrogens (tertiary/aromatic N) is 1. The molecule has 0 saturated heterocycles. The fourth-order valence-corrected chi connectivity index (χ4v) is 3.02. The van der Waals surface area contributed by atoms with Crippen LogP contribution < -0.4 is 15.4 Å². The van der Waals surface area contributed by atoms with Gasteiger partial charge in [-0.1, -0.05) is 29.8 Å². The number of fused-ring (bicyclic) bond motifs is 1. The lowest BCUT2D eigenvalue weighted by Crippen LogP contribution is -2.38. The number of rotatable bonds is 6. The molecule has 2 aliphatic heterocycles. The van der Waals surface area contributed by atoms with Gasteiger partial charge >= 0.3 is 0 Å². The molecule has 0 spiro atoms. The number of hydrogen-bond acceptors (Lipinski definition) is 3. The third-order valence-corrected chi connectivity index (χ3v) is 4.31. The van der Waals surface area contributed by atoms with Gasteiger partial charge in [-0.25, -0.2) is 4.99 Å². The Morgan fingerprint density at radius 1 is 1.29 bits per heavy atom. The Labute approximate surface area is 144 Å². The maximum atomic E-state index is 5.95. The van der Waals surface area contributed by atoms with Crippen molar-refractivity contribution in [3.8, 4) is 5.75 Å². The molecule has 2 N–H and O–H groups in total. The van der Waals surface area contributed by atoms with Crippen molar-refractivity contribution in [1.29, 1.82) is 0 Å². The van der Waals surface area contributed by atoms with E-state index < -0.39 is 0 Å². The maximum Gasteiger partial charge on any atom is 0.191 e. The van der Waals surface area contributed by atoms with Gasteiger partial charge in [0.15, 0.2) is 5.96 Å². The molecule has 5 heteroatoms. The summed E-state index contributed by atoms with van der Waals surface area (Å²) in [6, 6.07) is 8.24. The second-order valence-corrected chi connectivity index (χ2v) is 6.14. The van der Waals surface area contributed by atoms with Gasteiger partial charge in [-0.2, -0.15) is 0 Å². The lowest BCUT2D eigenvalue weighted by Gasteiger charge is -2.16. The number of aliphatic imine (C=N–C) groups is 1.